The maximum Gasteiger partial charge on any atom is 0.226 e. The van der Waals surface area contributed by atoms with Gasteiger partial charge in [-0.15, -0.1) is 0 Å². The van der Waals surface area contributed by atoms with Crippen molar-refractivity contribution in [2.75, 3.05) is 31.2 Å². The fraction of sp³-hybridized carbons (Fsp3) is 0.529. The van der Waals surface area contributed by atoms with Gasteiger partial charge in [0.2, 0.25) is 5.91 Å². The third kappa shape index (κ3) is 6.24. The first-order valence-electron chi connectivity index (χ1n) is 8.20. The van der Waals surface area contributed by atoms with Crippen LogP contribution in [0.25, 0.3) is 0 Å². The normalized spacial score (nSPS) is 17.6. The Hall–Kier alpha value is -1.40. The number of hydrogen-bond donors (Lipinski definition) is 3. The molecule has 0 bridgehead atoms. The zero-order chi connectivity index (χ0) is 17.4. The Morgan fingerprint density at radius 3 is 2.92 bits per heavy atom. The Kier molecular flexibility index (Phi) is 7.72. The minimum absolute atomic E-state index is 0.0740. The minimum Gasteiger partial charge on any atom is -0.356 e. The monoisotopic (exact) mass is 368 g/mol. The predicted octanol–water partition coefficient (Wildman–Crippen LogP) is 3.04. The van der Waals surface area contributed by atoms with Crippen LogP contribution in [0.4, 0.5) is 5.69 Å². The van der Waals surface area contributed by atoms with E-state index in [9.17, 15) is 4.79 Å². The maximum atomic E-state index is 12.0. The Labute approximate surface area is 153 Å². The number of nitrogens with one attached hydrogen (secondary N) is 3. The van der Waals surface area contributed by atoms with E-state index in [2.05, 4.69) is 20.9 Å². The molecule has 1 amide bonds. The number of halogens is 1. The summed E-state index contributed by atoms with van der Waals surface area (Å²) >= 11 is 8.13. The lowest BCUT2D eigenvalue weighted by Crippen LogP contribution is -2.41. The van der Waals surface area contributed by atoms with Crippen molar-refractivity contribution in [3.63, 3.8) is 0 Å². The van der Waals surface area contributed by atoms with Gasteiger partial charge in [0.25, 0.3) is 0 Å². The highest BCUT2D eigenvalue weighted by Gasteiger charge is 2.15. The van der Waals surface area contributed by atoms with Gasteiger partial charge in [-0.1, -0.05) is 17.7 Å². The van der Waals surface area contributed by atoms with E-state index < -0.39 is 0 Å². The summed E-state index contributed by atoms with van der Waals surface area (Å²) in [6, 6.07) is 5.58. The highest BCUT2D eigenvalue weighted by Crippen LogP contribution is 2.25. The summed E-state index contributed by atoms with van der Waals surface area (Å²) < 4.78 is 0. The molecule has 1 atom stereocenters. The molecule has 1 fully saturated rings. The molecule has 0 aliphatic carbocycles. The van der Waals surface area contributed by atoms with E-state index >= 15 is 0 Å². The van der Waals surface area contributed by atoms with Gasteiger partial charge >= 0.3 is 0 Å². The summed E-state index contributed by atoms with van der Waals surface area (Å²) in [5.74, 6) is 1.92. The average Bonchev–Trinajstić information content (AvgIpc) is 3.07. The van der Waals surface area contributed by atoms with Crippen LogP contribution in [-0.2, 0) is 4.79 Å². The molecule has 5 nitrogen and oxygen atoms in total. The predicted molar refractivity (Wildman–Crippen MR) is 104 cm³/mol. The van der Waals surface area contributed by atoms with Crippen molar-refractivity contribution < 1.29 is 4.79 Å². The summed E-state index contributed by atoms with van der Waals surface area (Å²) in [5, 5.41) is 10.5. The van der Waals surface area contributed by atoms with Gasteiger partial charge in [-0.05, 0) is 43.2 Å². The van der Waals surface area contributed by atoms with Gasteiger partial charge in [0.05, 0.1) is 10.7 Å². The number of anilines is 1. The number of nitrogens with zero attached hydrogens (tertiary/aromatic N) is 1. The Morgan fingerprint density at radius 2 is 2.25 bits per heavy atom. The molecule has 1 aliphatic rings. The van der Waals surface area contributed by atoms with Crippen molar-refractivity contribution in [2.45, 2.75) is 31.4 Å². The summed E-state index contributed by atoms with van der Waals surface area (Å²) in [5.41, 5.74) is 1.71. The first-order chi connectivity index (χ1) is 11.6. The quantitative estimate of drug-likeness (QED) is 0.533. The number of rotatable bonds is 6. The highest BCUT2D eigenvalue weighted by atomic mass is 35.5. The van der Waals surface area contributed by atoms with Gasteiger partial charge in [0, 0.05) is 31.8 Å². The first kappa shape index (κ1) is 18.9. The number of aliphatic imine (C=N–C) groups is 1. The third-order valence-electron chi connectivity index (χ3n) is 3.79. The molecule has 7 heteroatoms. The molecule has 0 saturated carbocycles. The number of carbonyl (C=O) groups is 1. The van der Waals surface area contributed by atoms with Crippen LogP contribution in [0.3, 0.4) is 0 Å². The van der Waals surface area contributed by atoms with E-state index in [1.165, 1.54) is 18.6 Å². The van der Waals surface area contributed by atoms with Crippen LogP contribution in [0.2, 0.25) is 5.02 Å². The molecule has 1 aromatic carbocycles. The second kappa shape index (κ2) is 9.79. The molecular weight excluding hydrogens is 344 g/mol. The zero-order valence-electron chi connectivity index (χ0n) is 14.2. The van der Waals surface area contributed by atoms with Crippen molar-refractivity contribution >= 4 is 40.9 Å². The number of guanidine groups is 1. The van der Waals surface area contributed by atoms with Gasteiger partial charge in [0.15, 0.2) is 5.96 Å². The molecule has 0 aromatic heterocycles. The second-order valence-electron chi connectivity index (χ2n) is 5.80. The van der Waals surface area contributed by atoms with E-state index in [1.54, 1.807) is 7.05 Å². The number of aryl methyl sites for hydroxylation is 1. The number of hydrogen-bond acceptors (Lipinski definition) is 3. The zero-order valence-corrected chi connectivity index (χ0v) is 15.8. The molecule has 1 heterocycles. The standard InChI is InChI=1S/C17H25ClN4OS/c1-12-5-6-15(14(18)10-12)22-16(23)7-8-20-17(19-2)21-11-13-4-3-9-24-13/h5-6,10,13H,3-4,7-9,11H2,1-2H3,(H,22,23)(H2,19,20,21). The smallest absolute Gasteiger partial charge is 0.226 e. The molecule has 2 rings (SSSR count). The average molecular weight is 369 g/mol. The first-order valence-corrected chi connectivity index (χ1v) is 9.63. The summed E-state index contributed by atoms with van der Waals surface area (Å²) in [6.45, 7) is 3.40. The number of benzene rings is 1. The lowest BCUT2D eigenvalue weighted by Gasteiger charge is -2.14. The number of thioether (sulfide) groups is 1. The van der Waals surface area contributed by atoms with Crippen LogP contribution >= 0.6 is 23.4 Å². The largest absolute Gasteiger partial charge is 0.356 e. The van der Waals surface area contributed by atoms with E-state index in [1.807, 2.05) is 36.9 Å². The fourth-order valence-electron chi connectivity index (χ4n) is 2.47. The van der Waals surface area contributed by atoms with Crippen LogP contribution in [-0.4, -0.2) is 43.0 Å². The van der Waals surface area contributed by atoms with Crippen molar-refractivity contribution in [1.29, 1.82) is 0 Å². The molecule has 132 valence electrons. The molecule has 24 heavy (non-hydrogen) atoms. The van der Waals surface area contributed by atoms with Crippen LogP contribution in [0.1, 0.15) is 24.8 Å². The number of amides is 1. The van der Waals surface area contributed by atoms with Crippen LogP contribution in [0.15, 0.2) is 23.2 Å². The maximum absolute atomic E-state index is 12.0. The molecule has 1 aliphatic heterocycles. The highest BCUT2D eigenvalue weighted by molar-refractivity contribution is 8.00. The van der Waals surface area contributed by atoms with E-state index in [0.717, 1.165) is 18.1 Å². The third-order valence-corrected chi connectivity index (χ3v) is 5.50. The Balaban J connectivity index is 1.68. The van der Waals surface area contributed by atoms with Gasteiger partial charge in [0.1, 0.15) is 0 Å². The van der Waals surface area contributed by atoms with Gasteiger partial charge in [-0.2, -0.15) is 11.8 Å². The van der Waals surface area contributed by atoms with Gasteiger partial charge in [-0.25, -0.2) is 0 Å². The SMILES string of the molecule is CN=C(NCCC(=O)Nc1ccc(C)cc1Cl)NCC1CCCS1. The molecule has 0 radical (unpaired) electrons. The van der Waals surface area contributed by atoms with Gasteiger partial charge in [-0.3, -0.25) is 9.79 Å². The minimum atomic E-state index is -0.0740. The molecule has 1 unspecified atom stereocenters. The van der Waals surface area contributed by atoms with E-state index in [0.29, 0.717) is 28.9 Å². The van der Waals surface area contributed by atoms with Gasteiger partial charge < -0.3 is 16.0 Å². The van der Waals surface area contributed by atoms with Crippen molar-refractivity contribution in [2.24, 2.45) is 4.99 Å². The van der Waals surface area contributed by atoms with E-state index in [4.69, 9.17) is 11.6 Å². The molecule has 1 saturated heterocycles. The molecule has 3 N–H and O–H groups in total. The summed E-state index contributed by atoms with van der Waals surface area (Å²) in [6.07, 6.45) is 2.91. The second-order valence-corrected chi connectivity index (χ2v) is 7.61. The summed E-state index contributed by atoms with van der Waals surface area (Å²) in [4.78, 5) is 16.2. The van der Waals surface area contributed by atoms with Crippen molar-refractivity contribution in [3.05, 3.63) is 28.8 Å². The number of carbonyl (C=O) groups excluding carboxylic acids is 1. The van der Waals surface area contributed by atoms with Crippen LogP contribution < -0.4 is 16.0 Å². The van der Waals surface area contributed by atoms with E-state index in [-0.39, 0.29) is 5.91 Å². The van der Waals surface area contributed by atoms with Crippen LogP contribution in [0, 0.1) is 6.92 Å². The van der Waals surface area contributed by atoms with Crippen LogP contribution in [0.5, 0.6) is 0 Å². The van der Waals surface area contributed by atoms with Crippen molar-refractivity contribution in [1.82, 2.24) is 10.6 Å². The fourth-order valence-corrected chi connectivity index (χ4v) is 3.95. The molecule has 1 aromatic rings. The van der Waals surface area contributed by atoms with Crippen molar-refractivity contribution in [3.8, 4) is 0 Å². The lowest BCUT2D eigenvalue weighted by atomic mass is 10.2. The molecule has 0 spiro atoms. The summed E-state index contributed by atoms with van der Waals surface area (Å²) in [7, 11) is 1.74. The molecular formula is C17H25ClN4OS. The Morgan fingerprint density at radius 1 is 1.42 bits per heavy atom. The topological polar surface area (TPSA) is 65.5 Å². The lowest BCUT2D eigenvalue weighted by molar-refractivity contribution is -0.116. The Bertz CT molecular complexity index is 588.